The number of hydrogen-bond acceptors (Lipinski definition) is 4. The van der Waals surface area contributed by atoms with Crippen LogP contribution in [0.2, 0.25) is 5.15 Å². The molecule has 1 aromatic heterocycles. The van der Waals surface area contributed by atoms with Gasteiger partial charge in [0.05, 0.1) is 6.61 Å². The van der Waals surface area contributed by atoms with Gasteiger partial charge < -0.3 is 10.1 Å². The van der Waals surface area contributed by atoms with Crippen molar-refractivity contribution in [3.05, 3.63) is 58.9 Å². The molecule has 0 amide bonds. The number of carbonyl (C=O) groups excluding carboxylic acids is 1. The van der Waals surface area contributed by atoms with E-state index in [1.165, 1.54) is 5.56 Å². The van der Waals surface area contributed by atoms with E-state index in [1.54, 1.807) is 12.3 Å². The molecule has 1 N–H and O–H groups in total. The Hall–Kier alpha value is -2.01. The smallest absolute Gasteiger partial charge is 0.185 e. The third kappa shape index (κ3) is 4.83. The molecule has 3 rings (SSSR count). The summed E-state index contributed by atoms with van der Waals surface area (Å²) in [5, 5.41) is 3.65. The first-order chi connectivity index (χ1) is 12.9. The van der Waals surface area contributed by atoms with Gasteiger partial charge in [-0.25, -0.2) is 4.98 Å². The lowest BCUT2D eigenvalue weighted by Crippen LogP contribution is -2.42. The van der Waals surface area contributed by atoms with Crippen LogP contribution >= 0.6 is 11.6 Å². The molecule has 0 aliphatic carbocycles. The number of aromatic nitrogens is 1. The van der Waals surface area contributed by atoms with Gasteiger partial charge in [0.15, 0.2) is 5.78 Å². The van der Waals surface area contributed by atoms with Crippen molar-refractivity contribution in [1.82, 2.24) is 10.3 Å². The molecule has 142 valence electrons. The van der Waals surface area contributed by atoms with E-state index in [1.807, 2.05) is 30.3 Å². The SMILES string of the molecule is CC(C)(C)c1c(C=CC(=O)C2CNCCO2)cccc1-c1ccnc(Cl)c1. The van der Waals surface area contributed by atoms with Crippen molar-refractivity contribution in [2.24, 2.45) is 0 Å². The number of halogens is 1. The Morgan fingerprint density at radius 1 is 1.33 bits per heavy atom. The van der Waals surface area contributed by atoms with E-state index in [-0.39, 0.29) is 11.2 Å². The minimum absolute atomic E-state index is 0.0144. The highest BCUT2D eigenvalue weighted by atomic mass is 35.5. The van der Waals surface area contributed by atoms with Crippen LogP contribution in [-0.2, 0) is 14.9 Å². The summed E-state index contributed by atoms with van der Waals surface area (Å²) in [4.78, 5) is 16.5. The molecule has 0 saturated carbocycles. The molecule has 1 aliphatic rings. The van der Waals surface area contributed by atoms with Crippen molar-refractivity contribution in [2.45, 2.75) is 32.3 Å². The van der Waals surface area contributed by atoms with Crippen LogP contribution in [0, 0.1) is 0 Å². The fourth-order valence-corrected chi connectivity index (χ4v) is 3.56. The third-order valence-corrected chi connectivity index (χ3v) is 4.76. The molecular formula is C22H25ClN2O2. The summed E-state index contributed by atoms with van der Waals surface area (Å²) in [7, 11) is 0. The van der Waals surface area contributed by atoms with Gasteiger partial charge >= 0.3 is 0 Å². The zero-order chi connectivity index (χ0) is 19.4. The van der Waals surface area contributed by atoms with Crippen molar-refractivity contribution in [2.75, 3.05) is 19.7 Å². The summed E-state index contributed by atoms with van der Waals surface area (Å²) in [5.74, 6) is -0.0144. The maximum atomic E-state index is 12.5. The molecule has 0 spiro atoms. The molecule has 2 aromatic rings. The van der Waals surface area contributed by atoms with E-state index in [2.05, 4.69) is 37.1 Å². The number of hydrogen-bond donors (Lipinski definition) is 1. The predicted octanol–water partition coefficient (Wildman–Crippen LogP) is 4.27. The molecule has 1 unspecified atom stereocenters. The monoisotopic (exact) mass is 384 g/mol. The zero-order valence-electron chi connectivity index (χ0n) is 16.0. The van der Waals surface area contributed by atoms with Gasteiger partial charge in [-0.1, -0.05) is 56.6 Å². The maximum Gasteiger partial charge on any atom is 0.185 e. The molecule has 4 nitrogen and oxygen atoms in total. The number of rotatable bonds is 4. The second kappa shape index (κ2) is 8.34. The number of ether oxygens (including phenoxy) is 1. The molecule has 0 radical (unpaired) electrons. The van der Waals surface area contributed by atoms with Gasteiger partial charge in [-0.05, 0) is 45.9 Å². The van der Waals surface area contributed by atoms with Crippen LogP contribution in [-0.4, -0.2) is 36.6 Å². The lowest BCUT2D eigenvalue weighted by Gasteiger charge is -2.26. The first-order valence-electron chi connectivity index (χ1n) is 9.16. The number of benzene rings is 1. The predicted molar refractivity (Wildman–Crippen MR) is 110 cm³/mol. The first-order valence-corrected chi connectivity index (χ1v) is 9.54. The Balaban J connectivity index is 1.99. The van der Waals surface area contributed by atoms with Crippen molar-refractivity contribution < 1.29 is 9.53 Å². The summed E-state index contributed by atoms with van der Waals surface area (Å²) < 4.78 is 5.55. The fraction of sp³-hybridized carbons (Fsp3) is 0.364. The molecule has 5 heteroatoms. The first kappa shape index (κ1) is 19.7. The summed E-state index contributed by atoms with van der Waals surface area (Å²) >= 11 is 6.10. The van der Waals surface area contributed by atoms with Gasteiger partial charge in [-0.3, -0.25) is 4.79 Å². The van der Waals surface area contributed by atoms with Crippen LogP contribution in [0.5, 0.6) is 0 Å². The van der Waals surface area contributed by atoms with Crippen molar-refractivity contribution in [3.8, 4) is 11.1 Å². The Labute approximate surface area is 165 Å². The summed E-state index contributed by atoms with van der Waals surface area (Å²) in [6.07, 6.45) is 4.83. The molecule has 2 heterocycles. The van der Waals surface area contributed by atoms with Gasteiger partial charge in [0.2, 0.25) is 0 Å². The normalized spacial score (nSPS) is 18.0. The number of ketones is 1. The highest BCUT2D eigenvalue weighted by Gasteiger charge is 2.23. The van der Waals surface area contributed by atoms with Crippen LogP contribution < -0.4 is 5.32 Å². The molecule has 27 heavy (non-hydrogen) atoms. The van der Waals surface area contributed by atoms with Gasteiger partial charge in [-0.2, -0.15) is 0 Å². The highest BCUT2D eigenvalue weighted by Crippen LogP contribution is 2.36. The molecule has 1 atom stereocenters. The topological polar surface area (TPSA) is 51.2 Å². The molecule has 1 saturated heterocycles. The Kier molecular flexibility index (Phi) is 6.10. The number of morpholine rings is 1. The Morgan fingerprint density at radius 3 is 2.81 bits per heavy atom. The lowest BCUT2D eigenvalue weighted by molar-refractivity contribution is -0.126. The van der Waals surface area contributed by atoms with Gasteiger partial charge in [0.1, 0.15) is 11.3 Å². The van der Waals surface area contributed by atoms with E-state index < -0.39 is 6.10 Å². The van der Waals surface area contributed by atoms with E-state index in [9.17, 15) is 4.79 Å². The highest BCUT2D eigenvalue weighted by molar-refractivity contribution is 6.29. The van der Waals surface area contributed by atoms with Crippen LogP contribution in [0.1, 0.15) is 31.9 Å². The molecule has 1 fully saturated rings. The van der Waals surface area contributed by atoms with Crippen LogP contribution in [0.25, 0.3) is 17.2 Å². The van der Waals surface area contributed by atoms with Crippen molar-refractivity contribution >= 4 is 23.5 Å². The average molecular weight is 385 g/mol. The van der Waals surface area contributed by atoms with Gasteiger partial charge in [0.25, 0.3) is 0 Å². The van der Waals surface area contributed by atoms with Crippen molar-refractivity contribution in [3.63, 3.8) is 0 Å². The number of nitrogens with one attached hydrogen (secondary N) is 1. The van der Waals surface area contributed by atoms with Crippen LogP contribution in [0.4, 0.5) is 0 Å². The number of carbonyl (C=O) groups is 1. The van der Waals surface area contributed by atoms with E-state index in [4.69, 9.17) is 16.3 Å². The number of pyridine rings is 1. The largest absolute Gasteiger partial charge is 0.367 e. The van der Waals surface area contributed by atoms with Crippen LogP contribution in [0.3, 0.4) is 0 Å². The Morgan fingerprint density at radius 2 is 2.15 bits per heavy atom. The third-order valence-electron chi connectivity index (χ3n) is 4.56. The maximum absolute atomic E-state index is 12.5. The average Bonchev–Trinajstić information content (AvgIpc) is 2.65. The summed E-state index contributed by atoms with van der Waals surface area (Å²) in [5.41, 5.74) is 4.18. The minimum atomic E-state index is -0.407. The standard InChI is InChI=1S/C22H25ClN2O2/c1-22(2,3)21-15(7-8-18(26)19-14-24-11-12-27-19)5-4-6-17(21)16-9-10-25-20(23)13-16/h4-10,13,19,24H,11-12,14H2,1-3H3. The lowest BCUT2D eigenvalue weighted by atomic mass is 9.79. The summed E-state index contributed by atoms with van der Waals surface area (Å²) in [6, 6.07) is 9.95. The van der Waals surface area contributed by atoms with E-state index in [0.717, 1.165) is 23.2 Å². The second-order valence-corrected chi connectivity index (χ2v) is 8.07. The van der Waals surface area contributed by atoms with Gasteiger partial charge in [-0.15, -0.1) is 0 Å². The molecular weight excluding hydrogens is 360 g/mol. The van der Waals surface area contributed by atoms with E-state index in [0.29, 0.717) is 18.3 Å². The number of nitrogens with zero attached hydrogens (tertiary/aromatic N) is 1. The fourth-order valence-electron chi connectivity index (χ4n) is 3.38. The quantitative estimate of drug-likeness (QED) is 0.631. The van der Waals surface area contributed by atoms with E-state index >= 15 is 0 Å². The van der Waals surface area contributed by atoms with Gasteiger partial charge in [0, 0.05) is 19.3 Å². The molecule has 0 bridgehead atoms. The summed E-state index contributed by atoms with van der Waals surface area (Å²) in [6.45, 7) is 8.42. The molecule has 1 aliphatic heterocycles. The molecule has 1 aromatic carbocycles. The van der Waals surface area contributed by atoms with Crippen LogP contribution in [0.15, 0.2) is 42.6 Å². The van der Waals surface area contributed by atoms with Crippen molar-refractivity contribution in [1.29, 1.82) is 0 Å². The Bertz CT molecular complexity index is 850. The minimum Gasteiger partial charge on any atom is -0.367 e. The second-order valence-electron chi connectivity index (χ2n) is 7.69. The zero-order valence-corrected chi connectivity index (χ0v) is 16.7.